The van der Waals surface area contributed by atoms with Crippen LogP contribution in [0.3, 0.4) is 0 Å². The summed E-state index contributed by atoms with van der Waals surface area (Å²) in [6.45, 7) is -0.130. The van der Waals surface area contributed by atoms with Gasteiger partial charge in [-0.2, -0.15) is 0 Å². The van der Waals surface area contributed by atoms with Crippen LogP contribution >= 0.6 is 0 Å². The molecule has 4 N–H and O–H groups in total. The van der Waals surface area contributed by atoms with Gasteiger partial charge in [-0.15, -0.1) is 0 Å². The molecule has 2 heterocycles. The van der Waals surface area contributed by atoms with Crippen molar-refractivity contribution in [3.05, 3.63) is 74.3 Å². The van der Waals surface area contributed by atoms with E-state index in [2.05, 4.69) is 4.99 Å². The Morgan fingerprint density at radius 1 is 1.26 bits per heavy atom. The van der Waals surface area contributed by atoms with E-state index in [1.807, 2.05) is 4.98 Å². The third-order valence-corrected chi connectivity index (χ3v) is 3.66. The van der Waals surface area contributed by atoms with E-state index in [0.29, 0.717) is 5.76 Å². The van der Waals surface area contributed by atoms with Crippen molar-refractivity contribution in [1.29, 1.82) is 0 Å². The smallest absolute Gasteiger partial charge is 0.335 e. The van der Waals surface area contributed by atoms with Crippen LogP contribution in [0.2, 0.25) is 0 Å². The Balaban J connectivity index is 2.04. The van der Waals surface area contributed by atoms with Crippen molar-refractivity contribution in [3.8, 4) is 11.6 Å². The van der Waals surface area contributed by atoms with Crippen molar-refractivity contribution in [2.24, 2.45) is 4.99 Å². The minimum atomic E-state index is -1.22. The van der Waals surface area contributed by atoms with Crippen molar-refractivity contribution in [3.63, 3.8) is 0 Å². The molecule has 0 spiro atoms. The van der Waals surface area contributed by atoms with Gasteiger partial charge >= 0.3 is 11.7 Å². The fraction of sp³-hybridized carbons (Fsp3) is 0.0588. The van der Waals surface area contributed by atoms with Crippen LogP contribution in [-0.4, -0.2) is 37.1 Å². The van der Waals surface area contributed by atoms with Crippen molar-refractivity contribution in [2.75, 3.05) is 0 Å². The lowest BCUT2D eigenvalue weighted by atomic mass is 10.2. The molecule has 0 aliphatic carbocycles. The molecule has 10 nitrogen and oxygen atoms in total. The molecule has 10 heteroatoms. The molecule has 0 aliphatic rings. The van der Waals surface area contributed by atoms with E-state index < -0.39 is 23.1 Å². The predicted molar refractivity (Wildman–Crippen MR) is 93.1 cm³/mol. The van der Waals surface area contributed by atoms with Gasteiger partial charge in [0.25, 0.3) is 5.56 Å². The second-order valence-electron chi connectivity index (χ2n) is 5.43. The van der Waals surface area contributed by atoms with Gasteiger partial charge in [0.05, 0.1) is 18.4 Å². The van der Waals surface area contributed by atoms with E-state index >= 15 is 0 Å². The zero-order valence-electron chi connectivity index (χ0n) is 13.6. The number of aromatic carboxylic acids is 1. The fourth-order valence-corrected chi connectivity index (χ4v) is 2.29. The highest BCUT2D eigenvalue weighted by atomic mass is 16.4. The average molecular weight is 371 g/mol. The number of rotatable bonds is 5. The highest BCUT2D eigenvalue weighted by Gasteiger charge is 2.14. The van der Waals surface area contributed by atoms with E-state index in [1.54, 1.807) is 12.1 Å². The van der Waals surface area contributed by atoms with Crippen molar-refractivity contribution in [2.45, 2.75) is 6.54 Å². The highest BCUT2D eigenvalue weighted by Crippen LogP contribution is 2.27. The maximum Gasteiger partial charge on any atom is 0.335 e. The first kappa shape index (κ1) is 17.7. The van der Waals surface area contributed by atoms with Gasteiger partial charge in [0.15, 0.2) is 0 Å². The number of carbonyl (C=O) groups is 1. The first-order valence-electron chi connectivity index (χ1n) is 7.55. The fourth-order valence-electron chi connectivity index (χ4n) is 2.29. The number of furan rings is 1. The summed E-state index contributed by atoms with van der Waals surface area (Å²) >= 11 is 0. The van der Waals surface area contributed by atoms with Crippen molar-refractivity contribution >= 4 is 17.9 Å². The second kappa shape index (κ2) is 7.04. The van der Waals surface area contributed by atoms with Crippen LogP contribution in [0.4, 0.5) is 5.69 Å². The molecule has 0 radical (unpaired) electrons. The van der Waals surface area contributed by atoms with Crippen molar-refractivity contribution < 1.29 is 24.5 Å². The van der Waals surface area contributed by atoms with E-state index in [9.17, 15) is 24.6 Å². The lowest BCUT2D eigenvalue weighted by Gasteiger charge is -2.08. The molecule has 0 bridgehead atoms. The summed E-state index contributed by atoms with van der Waals surface area (Å²) in [5.41, 5.74) is -2.34. The number of H-pyrrole nitrogens is 1. The Hall–Kier alpha value is -4.08. The van der Waals surface area contributed by atoms with E-state index in [4.69, 9.17) is 9.52 Å². The minimum Gasteiger partial charge on any atom is -0.506 e. The van der Waals surface area contributed by atoms with Crippen LogP contribution in [0.25, 0.3) is 0 Å². The quantitative estimate of drug-likeness (QED) is 0.488. The van der Waals surface area contributed by atoms with Crippen LogP contribution in [0.1, 0.15) is 21.7 Å². The number of benzene rings is 1. The summed E-state index contributed by atoms with van der Waals surface area (Å²) < 4.78 is 5.98. The van der Waals surface area contributed by atoms with Crippen LogP contribution < -0.4 is 11.2 Å². The Labute approximate surface area is 150 Å². The molecule has 0 atom stereocenters. The summed E-state index contributed by atoms with van der Waals surface area (Å²) in [7, 11) is 0. The Bertz CT molecular complexity index is 1140. The molecule has 27 heavy (non-hydrogen) atoms. The number of carboxylic acids is 1. The number of nitrogens with zero attached hydrogens (tertiary/aromatic N) is 2. The molecule has 0 aliphatic heterocycles. The predicted octanol–water partition coefficient (Wildman–Crippen LogP) is 1.04. The number of aromatic nitrogens is 2. The van der Waals surface area contributed by atoms with Crippen LogP contribution in [0, 0.1) is 0 Å². The Morgan fingerprint density at radius 3 is 2.70 bits per heavy atom. The molecule has 138 valence electrons. The van der Waals surface area contributed by atoms with E-state index in [-0.39, 0.29) is 29.1 Å². The second-order valence-corrected chi connectivity index (χ2v) is 5.43. The van der Waals surface area contributed by atoms with Gasteiger partial charge in [-0.1, -0.05) is 0 Å². The number of aromatic hydroxyl groups is 2. The molecule has 3 rings (SSSR count). The number of aliphatic imine (C=N–C) groups is 1. The SMILES string of the molecule is O=C(O)c1ccc(O)c(N=Cc2c(O)n(Cc3ccco3)c(=O)[nH]c2=O)c1. The highest BCUT2D eigenvalue weighted by molar-refractivity contribution is 5.90. The molecule has 0 saturated carbocycles. The van der Waals surface area contributed by atoms with Crippen LogP contribution in [0.15, 0.2) is 55.6 Å². The van der Waals surface area contributed by atoms with Gasteiger partial charge < -0.3 is 19.7 Å². The van der Waals surface area contributed by atoms with Gasteiger partial charge in [-0.3, -0.25) is 19.3 Å². The third-order valence-electron chi connectivity index (χ3n) is 3.66. The lowest BCUT2D eigenvalue weighted by molar-refractivity contribution is 0.0697. The van der Waals surface area contributed by atoms with E-state index in [0.717, 1.165) is 22.9 Å². The number of hydrogen-bond acceptors (Lipinski definition) is 7. The molecule has 0 fully saturated rings. The Kier molecular flexibility index (Phi) is 4.62. The van der Waals surface area contributed by atoms with E-state index in [1.165, 1.54) is 12.3 Å². The van der Waals surface area contributed by atoms with Crippen molar-refractivity contribution in [1.82, 2.24) is 9.55 Å². The standard InChI is InChI=1S/C17H13N3O7/c21-13-4-3-9(16(24)25)6-12(13)18-7-11-14(22)19-17(26)20(15(11)23)8-10-2-1-5-27-10/h1-7,21,23H,8H2,(H,24,25)(H,19,22,26). The first-order valence-corrected chi connectivity index (χ1v) is 7.55. The normalized spacial score (nSPS) is 11.1. The van der Waals surface area contributed by atoms with Gasteiger partial charge in [-0.25, -0.2) is 9.59 Å². The number of nitrogens with one attached hydrogen (secondary N) is 1. The zero-order valence-corrected chi connectivity index (χ0v) is 13.6. The molecule has 0 unspecified atom stereocenters. The maximum atomic E-state index is 12.0. The summed E-state index contributed by atoms with van der Waals surface area (Å²) in [6.07, 6.45) is 2.32. The first-order chi connectivity index (χ1) is 12.9. The molecule has 3 aromatic rings. The monoisotopic (exact) mass is 371 g/mol. The number of hydrogen-bond donors (Lipinski definition) is 4. The number of phenols is 1. The Morgan fingerprint density at radius 2 is 2.04 bits per heavy atom. The third kappa shape index (κ3) is 3.63. The molecule has 2 aromatic heterocycles. The lowest BCUT2D eigenvalue weighted by Crippen LogP contribution is -2.32. The molecular formula is C17H13N3O7. The number of aromatic amines is 1. The van der Waals surface area contributed by atoms with Gasteiger partial charge in [0.2, 0.25) is 5.88 Å². The average Bonchev–Trinajstić information content (AvgIpc) is 3.12. The maximum absolute atomic E-state index is 12.0. The summed E-state index contributed by atoms with van der Waals surface area (Å²) in [5.74, 6) is -1.83. The molecular weight excluding hydrogens is 358 g/mol. The topological polar surface area (TPSA) is 158 Å². The largest absolute Gasteiger partial charge is 0.506 e. The van der Waals surface area contributed by atoms with Crippen LogP contribution in [0.5, 0.6) is 11.6 Å². The molecule has 1 aromatic carbocycles. The van der Waals surface area contributed by atoms with Gasteiger partial charge in [0, 0.05) is 6.21 Å². The summed E-state index contributed by atoms with van der Waals surface area (Å²) in [4.78, 5) is 40.8. The van der Waals surface area contributed by atoms with Gasteiger partial charge in [-0.05, 0) is 30.3 Å². The van der Waals surface area contributed by atoms with Gasteiger partial charge in [0.1, 0.15) is 22.8 Å². The van der Waals surface area contributed by atoms with Crippen LogP contribution in [-0.2, 0) is 6.54 Å². The zero-order chi connectivity index (χ0) is 19.6. The summed E-state index contributed by atoms with van der Waals surface area (Å²) in [6, 6.07) is 6.60. The minimum absolute atomic E-state index is 0.124. The summed E-state index contributed by atoms with van der Waals surface area (Å²) in [5, 5.41) is 29.1. The molecule has 0 amide bonds. The number of carboxylic acid groups (broad SMARTS) is 1. The molecule has 0 saturated heterocycles. The number of phenolic OH excluding ortho intramolecular Hbond substituents is 1.